The lowest BCUT2D eigenvalue weighted by atomic mass is 10.1. The van der Waals surface area contributed by atoms with E-state index < -0.39 is 22.4 Å². The van der Waals surface area contributed by atoms with E-state index in [1.54, 1.807) is 6.07 Å². The van der Waals surface area contributed by atoms with Gasteiger partial charge in [-0.2, -0.15) is 4.31 Å². The van der Waals surface area contributed by atoms with Gasteiger partial charge in [0.25, 0.3) is 0 Å². The molecular weight excluding hydrogens is 437 g/mol. The van der Waals surface area contributed by atoms with E-state index in [4.69, 9.17) is 5.11 Å². The van der Waals surface area contributed by atoms with Crippen molar-refractivity contribution in [3.05, 3.63) is 54.1 Å². The average Bonchev–Trinajstić information content (AvgIpc) is 2.67. The number of halogens is 3. The summed E-state index contributed by atoms with van der Waals surface area (Å²) in [6, 6.07) is 11.0. The third-order valence-electron chi connectivity index (χ3n) is 4.88. The summed E-state index contributed by atoms with van der Waals surface area (Å²) in [6.45, 7) is 2.51. The van der Waals surface area contributed by atoms with E-state index in [0.29, 0.717) is 17.8 Å². The quantitative estimate of drug-likeness (QED) is 0.716. The van der Waals surface area contributed by atoms with E-state index >= 15 is 0 Å². The van der Waals surface area contributed by atoms with Gasteiger partial charge in [0.05, 0.1) is 11.3 Å². The normalized spacial score (nSPS) is 18.1. The molecule has 11 heteroatoms. The fraction of sp³-hybridized carbons (Fsp3) is 0.350. The Morgan fingerprint density at radius 2 is 1.84 bits per heavy atom. The SMILES string of the molecule is CC1CN(S(=O)(=O)c2cccc(CC(=O)O)c2)CCN1c1ccc(OC(F)(F)F)cc1. The molecular formula is C20H21F3N2O5S. The number of piperazine rings is 1. The van der Waals surface area contributed by atoms with Crippen LogP contribution in [0.15, 0.2) is 53.4 Å². The summed E-state index contributed by atoms with van der Waals surface area (Å²) in [5.74, 6) is -1.38. The second kappa shape index (κ2) is 8.75. The number of hydrogen-bond acceptors (Lipinski definition) is 5. The number of carboxylic acids is 1. The van der Waals surface area contributed by atoms with Gasteiger partial charge in [0.1, 0.15) is 5.75 Å². The van der Waals surface area contributed by atoms with Crippen molar-refractivity contribution >= 4 is 21.7 Å². The van der Waals surface area contributed by atoms with Crippen LogP contribution in [0.25, 0.3) is 0 Å². The van der Waals surface area contributed by atoms with Gasteiger partial charge in [-0.05, 0) is 48.9 Å². The zero-order valence-corrected chi connectivity index (χ0v) is 17.4. The summed E-state index contributed by atoms with van der Waals surface area (Å²) in [5, 5.41) is 8.93. The molecule has 1 unspecified atom stereocenters. The lowest BCUT2D eigenvalue weighted by molar-refractivity contribution is -0.274. The molecule has 1 fully saturated rings. The van der Waals surface area contributed by atoms with Crippen LogP contribution in [0.5, 0.6) is 5.75 Å². The van der Waals surface area contributed by atoms with Crippen molar-refractivity contribution in [2.45, 2.75) is 30.6 Å². The number of carboxylic acid groups (broad SMARTS) is 1. The van der Waals surface area contributed by atoms with E-state index in [2.05, 4.69) is 4.74 Å². The molecule has 168 valence electrons. The Balaban J connectivity index is 1.71. The fourth-order valence-corrected chi connectivity index (χ4v) is 5.09. The first-order chi connectivity index (χ1) is 14.5. The Bertz CT molecular complexity index is 1040. The number of carbonyl (C=O) groups is 1. The number of hydrogen-bond donors (Lipinski definition) is 1. The van der Waals surface area contributed by atoms with Crippen molar-refractivity contribution in [3.63, 3.8) is 0 Å². The number of ether oxygens (including phenoxy) is 1. The predicted octanol–water partition coefficient (Wildman–Crippen LogP) is 3.11. The van der Waals surface area contributed by atoms with Crippen molar-refractivity contribution in [2.75, 3.05) is 24.5 Å². The molecule has 1 atom stereocenters. The minimum atomic E-state index is -4.77. The molecule has 1 N–H and O–H groups in total. The molecule has 0 spiro atoms. The van der Waals surface area contributed by atoms with Gasteiger partial charge in [-0.1, -0.05) is 12.1 Å². The summed E-state index contributed by atoms with van der Waals surface area (Å²) in [6.07, 6.45) is -5.04. The van der Waals surface area contributed by atoms with Gasteiger partial charge in [-0.15, -0.1) is 13.2 Å². The van der Waals surface area contributed by atoms with Crippen molar-refractivity contribution in [3.8, 4) is 5.75 Å². The average molecular weight is 458 g/mol. The molecule has 1 aliphatic heterocycles. The highest BCUT2D eigenvalue weighted by atomic mass is 32.2. The Kier molecular flexibility index (Phi) is 6.46. The minimum Gasteiger partial charge on any atom is -0.481 e. The first kappa shape index (κ1) is 22.9. The zero-order valence-electron chi connectivity index (χ0n) is 16.5. The topological polar surface area (TPSA) is 87.2 Å². The highest BCUT2D eigenvalue weighted by Gasteiger charge is 2.33. The summed E-state index contributed by atoms with van der Waals surface area (Å²) in [7, 11) is -3.82. The number of nitrogens with zero attached hydrogens (tertiary/aromatic N) is 2. The monoisotopic (exact) mass is 458 g/mol. The third kappa shape index (κ3) is 5.67. The second-order valence-electron chi connectivity index (χ2n) is 7.17. The van der Waals surface area contributed by atoms with Crippen molar-refractivity contribution in [2.24, 2.45) is 0 Å². The number of sulfonamides is 1. The molecule has 3 rings (SSSR count). The molecule has 0 amide bonds. The van der Waals surface area contributed by atoms with Crippen molar-refractivity contribution in [1.29, 1.82) is 0 Å². The predicted molar refractivity (Wildman–Crippen MR) is 106 cm³/mol. The molecule has 0 saturated carbocycles. The lowest BCUT2D eigenvalue weighted by Gasteiger charge is -2.40. The largest absolute Gasteiger partial charge is 0.573 e. The number of alkyl halides is 3. The fourth-order valence-electron chi connectivity index (χ4n) is 3.50. The summed E-state index contributed by atoms with van der Waals surface area (Å²) in [4.78, 5) is 12.8. The number of aliphatic carboxylic acids is 1. The molecule has 1 heterocycles. The standard InChI is InChI=1S/C20H21F3N2O5S/c1-14-13-24(31(28,29)18-4-2-3-15(11-18)12-19(26)27)9-10-25(14)16-5-7-17(8-6-16)30-20(21,22)23/h2-8,11,14H,9-10,12-13H2,1H3,(H,26,27). The van der Waals surface area contributed by atoms with Gasteiger partial charge in [0.2, 0.25) is 10.0 Å². The number of benzene rings is 2. The van der Waals surface area contributed by atoms with E-state index in [0.717, 1.165) is 0 Å². The van der Waals surface area contributed by atoms with Crippen LogP contribution in [-0.4, -0.2) is 55.8 Å². The maximum Gasteiger partial charge on any atom is 0.573 e. The van der Waals surface area contributed by atoms with Gasteiger partial charge in [-0.25, -0.2) is 8.42 Å². The van der Waals surface area contributed by atoms with Crippen LogP contribution in [0.1, 0.15) is 12.5 Å². The molecule has 2 aromatic carbocycles. The molecule has 7 nitrogen and oxygen atoms in total. The van der Waals surface area contributed by atoms with Crippen molar-refractivity contribution < 1.29 is 36.2 Å². The minimum absolute atomic E-state index is 0.0283. The Morgan fingerprint density at radius 3 is 2.42 bits per heavy atom. The summed E-state index contributed by atoms with van der Waals surface area (Å²) < 4.78 is 68.2. The zero-order chi connectivity index (χ0) is 22.8. The molecule has 0 radical (unpaired) electrons. The molecule has 31 heavy (non-hydrogen) atoms. The summed E-state index contributed by atoms with van der Waals surface area (Å²) >= 11 is 0. The van der Waals surface area contributed by atoms with Gasteiger partial charge >= 0.3 is 12.3 Å². The Labute approximate surface area is 177 Å². The van der Waals surface area contributed by atoms with Crippen LogP contribution in [0.4, 0.5) is 18.9 Å². The van der Waals surface area contributed by atoms with Gasteiger partial charge in [-0.3, -0.25) is 4.79 Å². The number of rotatable bonds is 6. The first-order valence-corrected chi connectivity index (χ1v) is 10.8. The highest BCUT2D eigenvalue weighted by Crippen LogP contribution is 2.28. The first-order valence-electron chi connectivity index (χ1n) is 9.39. The molecule has 1 saturated heterocycles. The lowest BCUT2D eigenvalue weighted by Crippen LogP contribution is -2.53. The maximum atomic E-state index is 13.0. The van der Waals surface area contributed by atoms with Gasteiger partial charge in [0.15, 0.2) is 0 Å². The Hall–Kier alpha value is -2.79. The van der Waals surface area contributed by atoms with Crippen LogP contribution in [0, 0.1) is 0 Å². The van der Waals surface area contributed by atoms with Crippen molar-refractivity contribution in [1.82, 2.24) is 4.31 Å². The van der Waals surface area contributed by atoms with Gasteiger partial charge < -0.3 is 14.7 Å². The molecule has 0 bridgehead atoms. The van der Waals surface area contributed by atoms with Crippen LogP contribution >= 0.6 is 0 Å². The molecule has 0 aromatic heterocycles. The van der Waals surface area contributed by atoms with Crippen LogP contribution in [-0.2, 0) is 21.2 Å². The molecule has 1 aliphatic rings. The highest BCUT2D eigenvalue weighted by molar-refractivity contribution is 7.89. The van der Waals surface area contributed by atoms with Crippen LogP contribution in [0.3, 0.4) is 0 Å². The van der Waals surface area contributed by atoms with E-state index in [9.17, 15) is 26.4 Å². The van der Waals surface area contributed by atoms with Gasteiger partial charge in [0, 0.05) is 31.4 Å². The molecule has 2 aromatic rings. The smallest absolute Gasteiger partial charge is 0.481 e. The summed E-state index contributed by atoms with van der Waals surface area (Å²) in [5.41, 5.74) is 1.05. The number of anilines is 1. The van der Waals surface area contributed by atoms with E-state index in [1.807, 2.05) is 11.8 Å². The van der Waals surface area contributed by atoms with Crippen LogP contribution < -0.4 is 9.64 Å². The third-order valence-corrected chi connectivity index (χ3v) is 6.74. The van der Waals surface area contributed by atoms with Crippen LogP contribution in [0.2, 0.25) is 0 Å². The van der Waals surface area contributed by atoms with E-state index in [-0.39, 0.29) is 36.2 Å². The second-order valence-corrected chi connectivity index (χ2v) is 9.10. The Morgan fingerprint density at radius 1 is 1.16 bits per heavy atom. The van der Waals surface area contributed by atoms with E-state index in [1.165, 1.54) is 46.8 Å². The maximum absolute atomic E-state index is 13.0. The molecule has 0 aliphatic carbocycles.